The Bertz CT molecular complexity index is 198. The van der Waals surface area contributed by atoms with Gasteiger partial charge in [-0.2, -0.15) is 0 Å². The average Bonchev–Trinajstić information content (AvgIpc) is 2.14. The molecule has 82 valence electrons. The first kappa shape index (κ1) is 12.9. The molecule has 4 nitrogen and oxygen atoms in total. The van der Waals surface area contributed by atoms with E-state index in [0.29, 0.717) is 6.42 Å². The van der Waals surface area contributed by atoms with Crippen molar-refractivity contribution in [1.82, 2.24) is 0 Å². The molecule has 0 saturated carbocycles. The van der Waals surface area contributed by atoms with Crippen LogP contribution in [0.1, 0.15) is 33.6 Å². The molecular weight excluding hydrogens is 184 g/mol. The Kier molecular flexibility index (Phi) is 5.92. The van der Waals surface area contributed by atoms with Gasteiger partial charge in [-0.15, -0.1) is 0 Å². The van der Waals surface area contributed by atoms with Gasteiger partial charge in [-0.25, -0.2) is 4.79 Å². The standard InChI is InChI=1S/C10H18O4/c1-5-9(11)14-8(6-7(2)3)10(12)13-4/h7-8H,5-6H2,1-4H3/t8-/m0/s1. The van der Waals surface area contributed by atoms with Gasteiger partial charge in [0.1, 0.15) is 0 Å². The molecule has 0 aromatic heterocycles. The minimum atomic E-state index is -0.757. The molecule has 0 aromatic carbocycles. The summed E-state index contributed by atoms with van der Waals surface area (Å²) in [6.45, 7) is 5.59. The van der Waals surface area contributed by atoms with Gasteiger partial charge in [0.15, 0.2) is 6.10 Å². The molecule has 0 unspecified atom stereocenters. The Morgan fingerprint density at radius 2 is 1.86 bits per heavy atom. The Labute approximate surface area is 84.6 Å². The summed E-state index contributed by atoms with van der Waals surface area (Å²) in [4.78, 5) is 22.2. The molecule has 0 aromatic rings. The van der Waals surface area contributed by atoms with Crippen molar-refractivity contribution in [2.24, 2.45) is 5.92 Å². The van der Waals surface area contributed by atoms with Crippen LogP contribution in [0.5, 0.6) is 0 Å². The van der Waals surface area contributed by atoms with Gasteiger partial charge in [0.25, 0.3) is 0 Å². The van der Waals surface area contributed by atoms with Crippen molar-refractivity contribution in [3.05, 3.63) is 0 Å². The van der Waals surface area contributed by atoms with Crippen molar-refractivity contribution < 1.29 is 19.1 Å². The lowest BCUT2D eigenvalue weighted by atomic mass is 10.1. The van der Waals surface area contributed by atoms with Crippen LogP contribution >= 0.6 is 0 Å². The fourth-order valence-corrected chi connectivity index (χ4v) is 0.994. The van der Waals surface area contributed by atoms with Gasteiger partial charge in [-0.05, 0) is 12.3 Å². The minimum absolute atomic E-state index is 0.269. The van der Waals surface area contributed by atoms with E-state index in [2.05, 4.69) is 4.74 Å². The van der Waals surface area contributed by atoms with E-state index in [-0.39, 0.29) is 18.3 Å². The summed E-state index contributed by atoms with van der Waals surface area (Å²) in [7, 11) is 1.29. The normalized spacial score (nSPS) is 12.4. The molecule has 0 aliphatic heterocycles. The van der Waals surface area contributed by atoms with E-state index < -0.39 is 12.1 Å². The molecule has 0 N–H and O–H groups in total. The Hall–Kier alpha value is -1.06. The number of carbonyl (C=O) groups is 2. The van der Waals surface area contributed by atoms with Crippen LogP contribution < -0.4 is 0 Å². The second-order valence-corrected chi connectivity index (χ2v) is 3.48. The van der Waals surface area contributed by atoms with Crippen LogP contribution in [-0.4, -0.2) is 25.2 Å². The molecule has 0 heterocycles. The van der Waals surface area contributed by atoms with Crippen LogP contribution in [0.3, 0.4) is 0 Å². The lowest BCUT2D eigenvalue weighted by Crippen LogP contribution is -2.29. The minimum Gasteiger partial charge on any atom is -0.466 e. The number of hydrogen-bond acceptors (Lipinski definition) is 4. The summed E-state index contributed by atoms with van der Waals surface area (Å²) in [5, 5.41) is 0. The fraction of sp³-hybridized carbons (Fsp3) is 0.800. The van der Waals surface area contributed by atoms with E-state index >= 15 is 0 Å². The molecule has 0 aliphatic rings. The second kappa shape index (κ2) is 6.40. The molecule has 0 aliphatic carbocycles. The lowest BCUT2D eigenvalue weighted by molar-refractivity contribution is -0.166. The molecule has 0 spiro atoms. The molecule has 0 saturated heterocycles. The summed E-state index contributed by atoms with van der Waals surface area (Å²) in [5.41, 5.74) is 0. The van der Waals surface area contributed by atoms with E-state index in [4.69, 9.17) is 4.74 Å². The number of carbonyl (C=O) groups excluding carboxylic acids is 2. The quantitative estimate of drug-likeness (QED) is 0.634. The molecular formula is C10H18O4. The molecule has 1 atom stereocenters. The number of esters is 2. The van der Waals surface area contributed by atoms with E-state index in [0.717, 1.165) is 0 Å². The fourth-order valence-electron chi connectivity index (χ4n) is 0.994. The Balaban J connectivity index is 4.24. The van der Waals surface area contributed by atoms with E-state index in [9.17, 15) is 9.59 Å². The zero-order valence-electron chi connectivity index (χ0n) is 9.20. The van der Waals surface area contributed by atoms with E-state index in [1.807, 2.05) is 13.8 Å². The molecule has 0 fully saturated rings. The third-order valence-corrected chi connectivity index (χ3v) is 1.71. The van der Waals surface area contributed by atoms with Gasteiger partial charge in [0, 0.05) is 6.42 Å². The molecule has 0 rings (SSSR count). The van der Waals surface area contributed by atoms with Crippen molar-refractivity contribution >= 4 is 11.9 Å². The molecule has 0 radical (unpaired) electrons. The van der Waals surface area contributed by atoms with Gasteiger partial charge in [-0.3, -0.25) is 4.79 Å². The van der Waals surface area contributed by atoms with E-state index in [1.54, 1.807) is 6.92 Å². The van der Waals surface area contributed by atoms with Crippen molar-refractivity contribution in [3.63, 3.8) is 0 Å². The van der Waals surface area contributed by atoms with Crippen LogP contribution in [0.25, 0.3) is 0 Å². The number of ether oxygens (including phenoxy) is 2. The topological polar surface area (TPSA) is 52.6 Å². The highest BCUT2D eigenvalue weighted by Crippen LogP contribution is 2.10. The first-order valence-electron chi connectivity index (χ1n) is 4.78. The lowest BCUT2D eigenvalue weighted by Gasteiger charge is -2.16. The predicted molar refractivity (Wildman–Crippen MR) is 51.6 cm³/mol. The van der Waals surface area contributed by atoms with Gasteiger partial charge in [-0.1, -0.05) is 20.8 Å². The highest BCUT2D eigenvalue weighted by molar-refractivity contribution is 5.79. The highest BCUT2D eigenvalue weighted by Gasteiger charge is 2.23. The summed E-state index contributed by atoms with van der Waals surface area (Å²) >= 11 is 0. The predicted octanol–water partition coefficient (Wildman–Crippen LogP) is 1.53. The zero-order chi connectivity index (χ0) is 11.1. The van der Waals surface area contributed by atoms with Crippen LogP contribution in [0.2, 0.25) is 0 Å². The van der Waals surface area contributed by atoms with Crippen LogP contribution in [-0.2, 0) is 19.1 Å². The smallest absolute Gasteiger partial charge is 0.347 e. The summed E-state index contributed by atoms with van der Waals surface area (Å²) in [6.07, 6.45) is 0.0109. The zero-order valence-corrected chi connectivity index (χ0v) is 9.20. The Morgan fingerprint density at radius 1 is 1.29 bits per heavy atom. The number of hydrogen-bond donors (Lipinski definition) is 0. The SMILES string of the molecule is CCC(=O)O[C@@H](CC(C)C)C(=O)OC. The monoisotopic (exact) mass is 202 g/mol. The van der Waals surface area contributed by atoms with Gasteiger partial charge < -0.3 is 9.47 Å². The average molecular weight is 202 g/mol. The van der Waals surface area contributed by atoms with Crippen LogP contribution in [0.15, 0.2) is 0 Å². The molecule has 4 heteroatoms. The molecule has 14 heavy (non-hydrogen) atoms. The number of rotatable bonds is 5. The first-order valence-corrected chi connectivity index (χ1v) is 4.78. The van der Waals surface area contributed by atoms with Crippen molar-refractivity contribution in [2.45, 2.75) is 39.7 Å². The first-order chi connectivity index (χ1) is 6.51. The maximum atomic E-state index is 11.2. The van der Waals surface area contributed by atoms with Gasteiger partial charge in [0.05, 0.1) is 7.11 Å². The second-order valence-electron chi connectivity index (χ2n) is 3.48. The Morgan fingerprint density at radius 3 is 2.21 bits per heavy atom. The van der Waals surface area contributed by atoms with Gasteiger partial charge in [0.2, 0.25) is 0 Å². The van der Waals surface area contributed by atoms with E-state index in [1.165, 1.54) is 7.11 Å². The summed E-state index contributed by atoms with van der Waals surface area (Å²) in [6, 6.07) is 0. The third-order valence-electron chi connectivity index (χ3n) is 1.71. The van der Waals surface area contributed by atoms with Crippen molar-refractivity contribution in [1.29, 1.82) is 0 Å². The summed E-state index contributed by atoms with van der Waals surface area (Å²) in [5.74, 6) is -0.578. The maximum Gasteiger partial charge on any atom is 0.347 e. The largest absolute Gasteiger partial charge is 0.466 e. The molecule has 0 bridgehead atoms. The maximum absolute atomic E-state index is 11.2. The van der Waals surface area contributed by atoms with Crippen LogP contribution in [0, 0.1) is 5.92 Å². The molecule has 0 amide bonds. The highest BCUT2D eigenvalue weighted by atomic mass is 16.6. The summed E-state index contributed by atoms with van der Waals surface area (Å²) < 4.78 is 9.49. The van der Waals surface area contributed by atoms with Crippen LogP contribution in [0.4, 0.5) is 0 Å². The van der Waals surface area contributed by atoms with Crippen molar-refractivity contribution in [3.8, 4) is 0 Å². The van der Waals surface area contributed by atoms with Gasteiger partial charge >= 0.3 is 11.9 Å². The van der Waals surface area contributed by atoms with Crippen molar-refractivity contribution in [2.75, 3.05) is 7.11 Å². The third kappa shape index (κ3) is 4.84. The number of methoxy groups -OCH3 is 1.